The Morgan fingerprint density at radius 2 is 1.86 bits per heavy atom. The number of rotatable bonds is 9. The average molecular weight is 472 g/mol. The number of hydrogen-bond acceptors (Lipinski definition) is 5. The van der Waals surface area contributed by atoms with E-state index in [0.29, 0.717) is 18.4 Å². The molecule has 0 radical (unpaired) electrons. The predicted octanol–water partition coefficient (Wildman–Crippen LogP) is 5.18. The number of imidazole rings is 1. The van der Waals surface area contributed by atoms with Crippen LogP contribution in [0.15, 0.2) is 53.7 Å². The number of pyridine rings is 1. The number of nitrogens with one attached hydrogen (secondary N) is 1. The van der Waals surface area contributed by atoms with Gasteiger partial charge < -0.3 is 0 Å². The number of hydrogen-bond donors (Lipinski definition) is 1. The van der Waals surface area contributed by atoms with Crippen molar-refractivity contribution in [2.45, 2.75) is 77.3 Å². The van der Waals surface area contributed by atoms with Gasteiger partial charge in [-0.05, 0) is 53.3 Å². The van der Waals surface area contributed by atoms with E-state index < -0.39 is 0 Å². The summed E-state index contributed by atoms with van der Waals surface area (Å²) in [6, 6.07) is 10.6. The first kappa shape index (κ1) is 23.2. The Morgan fingerprint density at radius 3 is 2.60 bits per heavy atom. The summed E-state index contributed by atoms with van der Waals surface area (Å²) in [5.74, 6) is 0.610. The Balaban J connectivity index is 1.41. The van der Waals surface area contributed by atoms with Crippen molar-refractivity contribution >= 4 is 0 Å². The maximum atomic E-state index is 13.5. The highest BCUT2D eigenvalue weighted by Crippen LogP contribution is 2.30. The highest BCUT2D eigenvalue weighted by molar-refractivity contribution is 5.79. The van der Waals surface area contributed by atoms with Crippen molar-refractivity contribution in [3.8, 4) is 22.5 Å². The van der Waals surface area contributed by atoms with Crippen molar-refractivity contribution in [2.24, 2.45) is 0 Å². The number of unbranched alkanes of at least 4 members (excludes halogenated alkanes) is 2. The van der Waals surface area contributed by atoms with Crippen LogP contribution in [0.1, 0.15) is 75.6 Å². The first-order valence-corrected chi connectivity index (χ1v) is 12.8. The van der Waals surface area contributed by atoms with Crippen LogP contribution in [0.2, 0.25) is 0 Å². The number of benzene rings is 1. The fourth-order valence-corrected chi connectivity index (χ4v) is 5.17. The van der Waals surface area contributed by atoms with Gasteiger partial charge in [0.25, 0.3) is 0 Å². The van der Waals surface area contributed by atoms with Crippen molar-refractivity contribution in [3.05, 3.63) is 70.7 Å². The summed E-state index contributed by atoms with van der Waals surface area (Å²) < 4.78 is 4.02. The van der Waals surface area contributed by atoms with Gasteiger partial charge in [0.1, 0.15) is 0 Å². The van der Waals surface area contributed by atoms with E-state index in [0.717, 1.165) is 53.6 Å². The molecule has 1 N–H and O–H groups in total. The zero-order valence-corrected chi connectivity index (χ0v) is 20.4. The predicted molar refractivity (Wildman–Crippen MR) is 136 cm³/mol. The molecule has 3 aromatic heterocycles. The van der Waals surface area contributed by atoms with E-state index in [-0.39, 0.29) is 5.69 Å². The van der Waals surface area contributed by atoms with Crippen molar-refractivity contribution in [1.82, 2.24) is 34.7 Å². The quantitative estimate of drug-likeness (QED) is 0.340. The smallest absolute Gasteiger partial charge is 0.296 e. The van der Waals surface area contributed by atoms with Gasteiger partial charge in [-0.1, -0.05) is 63.3 Å². The topological polar surface area (TPSA) is 94.3 Å². The molecule has 8 nitrogen and oxygen atoms in total. The molecule has 8 heteroatoms. The highest BCUT2D eigenvalue weighted by atomic mass is 16.1. The minimum Gasteiger partial charge on any atom is -0.296 e. The molecular formula is C27H33N7O. The Kier molecular flexibility index (Phi) is 7.16. The molecule has 0 bridgehead atoms. The Labute approximate surface area is 205 Å². The second-order valence-electron chi connectivity index (χ2n) is 9.51. The third-order valence-electron chi connectivity index (χ3n) is 7.12. The molecule has 1 saturated carbocycles. The molecule has 35 heavy (non-hydrogen) atoms. The summed E-state index contributed by atoms with van der Waals surface area (Å²) in [6.45, 7) is 2.81. The molecule has 0 aliphatic heterocycles. The zero-order chi connectivity index (χ0) is 24.0. The monoisotopic (exact) mass is 471 g/mol. The van der Waals surface area contributed by atoms with Crippen LogP contribution in [-0.4, -0.2) is 34.7 Å². The molecule has 0 amide bonds. The molecule has 1 aliphatic carbocycles. The zero-order valence-electron chi connectivity index (χ0n) is 20.4. The summed E-state index contributed by atoms with van der Waals surface area (Å²) in [5, 5.41) is 14.3. The van der Waals surface area contributed by atoms with E-state index in [2.05, 4.69) is 63.0 Å². The molecule has 1 aromatic carbocycles. The Bertz CT molecular complexity index is 1280. The van der Waals surface area contributed by atoms with Gasteiger partial charge in [-0.25, -0.2) is 9.89 Å². The molecule has 3 heterocycles. The van der Waals surface area contributed by atoms with E-state index in [4.69, 9.17) is 0 Å². The molecule has 0 atom stereocenters. The maximum Gasteiger partial charge on any atom is 0.328 e. The fourth-order valence-electron chi connectivity index (χ4n) is 5.17. The number of aromatic amines is 1. The lowest BCUT2D eigenvalue weighted by Crippen LogP contribution is -2.29. The maximum absolute atomic E-state index is 13.5. The summed E-state index contributed by atoms with van der Waals surface area (Å²) in [4.78, 5) is 17.8. The lowest BCUT2D eigenvalue weighted by atomic mass is 9.95. The number of aryl methyl sites for hydroxylation is 1. The summed E-state index contributed by atoms with van der Waals surface area (Å²) in [5.41, 5.74) is 5.30. The van der Waals surface area contributed by atoms with E-state index in [1.165, 1.54) is 32.1 Å². The van der Waals surface area contributed by atoms with Crippen LogP contribution >= 0.6 is 0 Å². The number of nitrogens with zero attached hydrogens (tertiary/aromatic N) is 6. The fraction of sp³-hybridized carbons (Fsp3) is 0.444. The van der Waals surface area contributed by atoms with Gasteiger partial charge in [-0.2, -0.15) is 0 Å². The molecule has 182 valence electrons. The van der Waals surface area contributed by atoms with E-state index in [9.17, 15) is 4.79 Å². The summed E-state index contributed by atoms with van der Waals surface area (Å²) >= 11 is 0. The third-order valence-corrected chi connectivity index (χ3v) is 7.12. The first-order valence-electron chi connectivity index (χ1n) is 12.8. The molecule has 0 unspecified atom stereocenters. The van der Waals surface area contributed by atoms with Gasteiger partial charge in [-0.3, -0.25) is 14.1 Å². The van der Waals surface area contributed by atoms with E-state index in [1.54, 1.807) is 6.20 Å². The first-order chi connectivity index (χ1) is 17.2. The lowest BCUT2D eigenvalue weighted by molar-refractivity contribution is 0.344. The van der Waals surface area contributed by atoms with E-state index in [1.807, 2.05) is 21.4 Å². The van der Waals surface area contributed by atoms with Crippen LogP contribution in [0, 0.1) is 0 Å². The van der Waals surface area contributed by atoms with Gasteiger partial charge in [0.15, 0.2) is 5.82 Å². The molecule has 1 fully saturated rings. The van der Waals surface area contributed by atoms with Gasteiger partial charge in [0, 0.05) is 41.5 Å². The minimum atomic E-state index is 0.139. The normalized spacial score (nSPS) is 14.4. The SMILES string of the molecule is CCCCCc1cn(C2CCCCC2)c(=O)n1Cc1ccc(-c2cnccc2-c2nnn[nH]2)cc1. The third kappa shape index (κ3) is 5.11. The van der Waals surface area contributed by atoms with Gasteiger partial charge in [0.2, 0.25) is 0 Å². The van der Waals surface area contributed by atoms with Crippen molar-refractivity contribution in [3.63, 3.8) is 0 Å². The van der Waals surface area contributed by atoms with Crippen molar-refractivity contribution in [1.29, 1.82) is 0 Å². The average Bonchev–Trinajstić information content (AvgIpc) is 3.55. The summed E-state index contributed by atoms with van der Waals surface area (Å²) in [7, 11) is 0. The standard InChI is InChI=1S/C27H33N7O/c1-2-3-5-10-23-19-34(22-8-6-4-7-9-22)27(35)33(23)18-20-11-13-21(14-12-20)25-17-28-16-15-24(25)26-29-31-32-30-26/h11-17,19,22H,2-10,18H2,1H3,(H,29,30,31,32). The Morgan fingerprint density at radius 1 is 1.03 bits per heavy atom. The number of tetrazole rings is 1. The van der Waals surface area contributed by atoms with Crippen LogP contribution < -0.4 is 5.69 Å². The van der Waals surface area contributed by atoms with Gasteiger partial charge >= 0.3 is 5.69 Å². The van der Waals surface area contributed by atoms with Gasteiger partial charge in [-0.15, -0.1) is 5.10 Å². The van der Waals surface area contributed by atoms with Crippen LogP contribution in [0.25, 0.3) is 22.5 Å². The minimum absolute atomic E-state index is 0.139. The van der Waals surface area contributed by atoms with Crippen LogP contribution in [0.3, 0.4) is 0 Å². The molecule has 0 saturated heterocycles. The molecular weight excluding hydrogens is 438 g/mol. The molecule has 5 rings (SSSR count). The number of aromatic nitrogens is 7. The van der Waals surface area contributed by atoms with Crippen molar-refractivity contribution < 1.29 is 0 Å². The van der Waals surface area contributed by atoms with E-state index >= 15 is 0 Å². The molecule has 0 spiro atoms. The summed E-state index contributed by atoms with van der Waals surface area (Å²) in [6.07, 6.45) is 16.1. The molecule has 4 aromatic rings. The second-order valence-corrected chi connectivity index (χ2v) is 9.51. The Hall–Kier alpha value is -3.55. The van der Waals surface area contributed by atoms with Crippen LogP contribution in [0.5, 0.6) is 0 Å². The molecule has 1 aliphatic rings. The van der Waals surface area contributed by atoms with Crippen LogP contribution in [-0.2, 0) is 13.0 Å². The number of H-pyrrole nitrogens is 1. The van der Waals surface area contributed by atoms with Crippen LogP contribution in [0.4, 0.5) is 0 Å². The largest absolute Gasteiger partial charge is 0.328 e. The lowest BCUT2D eigenvalue weighted by Gasteiger charge is -2.22. The second kappa shape index (κ2) is 10.8. The van der Waals surface area contributed by atoms with Crippen molar-refractivity contribution in [2.75, 3.05) is 0 Å². The highest BCUT2D eigenvalue weighted by Gasteiger charge is 2.21. The van der Waals surface area contributed by atoms with Gasteiger partial charge in [0.05, 0.1) is 6.54 Å².